The molecule has 0 radical (unpaired) electrons. The summed E-state index contributed by atoms with van der Waals surface area (Å²) in [5.74, 6) is -0.998. The van der Waals surface area contributed by atoms with E-state index in [0.717, 1.165) is 6.42 Å². The molecule has 0 aliphatic carbocycles. The van der Waals surface area contributed by atoms with E-state index in [2.05, 4.69) is 20.7 Å². The molecule has 1 aromatic carbocycles. The summed E-state index contributed by atoms with van der Waals surface area (Å²) in [6, 6.07) is 2.59. The lowest BCUT2D eigenvalue weighted by atomic mass is 10.1. The maximum absolute atomic E-state index is 12.3. The average Bonchev–Trinajstić information content (AvgIpc) is 2.92. The highest BCUT2D eigenvalue weighted by Crippen LogP contribution is 2.25. The lowest BCUT2D eigenvalue weighted by Gasteiger charge is -2.12. The van der Waals surface area contributed by atoms with E-state index in [9.17, 15) is 13.2 Å². The normalized spacial score (nSPS) is 18.9. The Kier molecular flexibility index (Phi) is 5.03. The summed E-state index contributed by atoms with van der Waals surface area (Å²) < 4.78 is 32.7. The van der Waals surface area contributed by atoms with Crippen LogP contribution < -0.4 is 4.72 Å². The summed E-state index contributed by atoms with van der Waals surface area (Å²) in [6.45, 7) is 3.09. The Morgan fingerprint density at radius 2 is 2.24 bits per heavy atom. The topological polar surface area (TPSA) is 92.7 Å². The van der Waals surface area contributed by atoms with Crippen LogP contribution in [0.4, 0.5) is 0 Å². The minimum atomic E-state index is -3.74. The van der Waals surface area contributed by atoms with Gasteiger partial charge in [0.15, 0.2) is 0 Å². The molecule has 1 unspecified atom stereocenters. The Bertz CT molecular complexity index is 653. The highest BCUT2D eigenvalue weighted by molar-refractivity contribution is 9.10. The van der Waals surface area contributed by atoms with E-state index >= 15 is 0 Å². The molecule has 0 amide bonds. The van der Waals surface area contributed by atoms with Gasteiger partial charge in [-0.15, -0.1) is 0 Å². The largest absolute Gasteiger partial charge is 0.478 e. The third kappa shape index (κ3) is 3.82. The zero-order valence-corrected chi connectivity index (χ0v) is 13.8. The lowest BCUT2D eigenvalue weighted by Crippen LogP contribution is -2.29. The Balaban J connectivity index is 2.24. The fourth-order valence-corrected chi connectivity index (χ4v) is 3.87. The van der Waals surface area contributed by atoms with Gasteiger partial charge in [0.25, 0.3) is 0 Å². The molecule has 2 N–H and O–H groups in total. The number of sulfonamides is 1. The molecule has 1 aliphatic heterocycles. The van der Waals surface area contributed by atoms with Crippen molar-refractivity contribution in [3.8, 4) is 0 Å². The molecule has 6 nitrogen and oxygen atoms in total. The molecule has 1 atom stereocenters. The third-order valence-corrected chi connectivity index (χ3v) is 5.67. The Labute approximate surface area is 131 Å². The zero-order chi connectivity index (χ0) is 15.6. The van der Waals surface area contributed by atoms with Crippen LogP contribution in [0.15, 0.2) is 21.5 Å². The van der Waals surface area contributed by atoms with Crippen LogP contribution in [0.3, 0.4) is 0 Å². The smallest absolute Gasteiger partial charge is 0.336 e. The van der Waals surface area contributed by atoms with Crippen molar-refractivity contribution in [1.29, 1.82) is 0 Å². The Hall–Kier alpha value is -0.960. The van der Waals surface area contributed by atoms with Crippen molar-refractivity contribution < 1.29 is 23.1 Å². The van der Waals surface area contributed by atoms with E-state index in [4.69, 9.17) is 9.84 Å². The number of hydrogen-bond acceptors (Lipinski definition) is 4. The van der Waals surface area contributed by atoms with Gasteiger partial charge in [-0.1, -0.05) is 15.9 Å². The van der Waals surface area contributed by atoms with Crippen molar-refractivity contribution in [1.82, 2.24) is 4.72 Å². The van der Waals surface area contributed by atoms with Gasteiger partial charge in [-0.05, 0) is 37.0 Å². The Morgan fingerprint density at radius 1 is 1.52 bits per heavy atom. The fourth-order valence-electron chi connectivity index (χ4n) is 2.09. The summed E-state index contributed by atoms with van der Waals surface area (Å²) in [6.07, 6.45) is 0.820. The molecular weight excluding hydrogens is 362 g/mol. The van der Waals surface area contributed by atoms with E-state index in [-0.39, 0.29) is 22.9 Å². The highest BCUT2D eigenvalue weighted by Gasteiger charge is 2.22. The summed E-state index contributed by atoms with van der Waals surface area (Å²) in [7, 11) is -3.74. The van der Waals surface area contributed by atoms with Gasteiger partial charge >= 0.3 is 5.97 Å². The van der Waals surface area contributed by atoms with Crippen LogP contribution in [0.5, 0.6) is 0 Å². The summed E-state index contributed by atoms with van der Waals surface area (Å²) in [5.41, 5.74) is 0.458. The van der Waals surface area contributed by atoms with Crippen LogP contribution in [-0.4, -0.2) is 39.3 Å². The molecule has 0 aromatic heterocycles. The summed E-state index contributed by atoms with van der Waals surface area (Å²) >= 11 is 3.20. The number of carbonyl (C=O) groups is 1. The molecule has 0 saturated carbocycles. The minimum absolute atomic E-state index is 0.0334. The van der Waals surface area contributed by atoms with E-state index in [1.165, 1.54) is 12.1 Å². The molecule has 1 heterocycles. The van der Waals surface area contributed by atoms with Gasteiger partial charge in [-0.2, -0.15) is 0 Å². The monoisotopic (exact) mass is 377 g/mol. The predicted octanol–water partition coefficient (Wildman–Crippen LogP) is 1.77. The number of hydrogen-bond donors (Lipinski definition) is 2. The molecule has 1 aliphatic rings. The summed E-state index contributed by atoms with van der Waals surface area (Å²) in [4.78, 5) is 11.1. The number of nitrogens with one attached hydrogen (secondary N) is 1. The predicted molar refractivity (Wildman–Crippen MR) is 80.0 cm³/mol. The van der Waals surface area contributed by atoms with Gasteiger partial charge in [0.05, 0.1) is 17.1 Å². The van der Waals surface area contributed by atoms with Gasteiger partial charge in [-0.25, -0.2) is 17.9 Å². The molecule has 1 aromatic rings. The molecule has 0 bridgehead atoms. The number of ether oxygens (including phenoxy) is 1. The first-order valence-electron chi connectivity index (χ1n) is 6.42. The highest BCUT2D eigenvalue weighted by atomic mass is 79.9. The van der Waals surface area contributed by atoms with Crippen molar-refractivity contribution >= 4 is 31.9 Å². The quantitative estimate of drug-likeness (QED) is 0.815. The second-order valence-corrected chi connectivity index (χ2v) is 7.59. The number of aromatic carboxylic acids is 1. The summed E-state index contributed by atoms with van der Waals surface area (Å²) in [5, 5.41) is 9.13. The van der Waals surface area contributed by atoms with E-state index in [1.54, 1.807) is 6.92 Å². The number of halogens is 1. The first kappa shape index (κ1) is 16.4. The van der Waals surface area contributed by atoms with Crippen LogP contribution in [0, 0.1) is 12.8 Å². The molecule has 0 spiro atoms. The van der Waals surface area contributed by atoms with Crippen LogP contribution in [-0.2, 0) is 14.8 Å². The van der Waals surface area contributed by atoms with Crippen LogP contribution in [0.1, 0.15) is 22.3 Å². The van der Waals surface area contributed by atoms with Gasteiger partial charge in [0.1, 0.15) is 0 Å². The lowest BCUT2D eigenvalue weighted by molar-refractivity contribution is 0.0695. The van der Waals surface area contributed by atoms with Crippen molar-refractivity contribution in [2.75, 3.05) is 19.8 Å². The van der Waals surface area contributed by atoms with Gasteiger partial charge in [0, 0.05) is 17.6 Å². The number of carboxylic acids is 1. The van der Waals surface area contributed by atoms with Crippen molar-refractivity contribution in [3.63, 3.8) is 0 Å². The molecule has 116 valence electrons. The van der Waals surface area contributed by atoms with Crippen LogP contribution in [0.2, 0.25) is 0 Å². The van der Waals surface area contributed by atoms with Crippen molar-refractivity contribution in [3.05, 3.63) is 27.7 Å². The first-order chi connectivity index (χ1) is 9.81. The van der Waals surface area contributed by atoms with E-state index < -0.39 is 16.0 Å². The van der Waals surface area contributed by atoms with E-state index in [0.29, 0.717) is 23.2 Å². The third-order valence-electron chi connectivity index (χ3n) is 3.44. The van der Waals surface area contributed by atoms with Crippen LogP contribution in [0.25, 0.3) is 0 Å². The minimum Gasteiger partial charge on any atom is -0.478 e. The maximum Gasteiger partial charge on any atom is 0.336 e. The SMILES string of the molecule is Cc1c(Br)cc(S(=O)(=O)NCC2CCOC2)cc1C(=O)O. The zero-order valence-electron chi connectivity index (χ0n) is 11.4. The molecule has 21 heavy (non-hydrogen) atoms. The molecular formula is C13H16BrNO5S. The van der Waals surface area contributed by atoms with Crippen molar-refractivity contribution in [2.45, 2.75) is 18.2 Å². The molecule has 1 saturated heterocycles. The Morgan fingerprint density at radius 3 is 2.81 bits per heavy atom. The van der Waals surface area contributed by atoms with E-state index in [1.807, 2.05) is 0 Å². The second-order valence-electron chi connectivity index (χ2n) is 4.96. The first-order valence-corrected chi connectivity index (χ1v) is 8.69. The van der Waals surface area contributed by atoms with Gasteiger partial charge in [0.2, 0.25) is 10.0 Å². The van der Waals surface area contributed by atoms with Gasteiger partial charge < -0.3 is 9.84 Å². The second kappa shape index (κ2) is 6.43. The number of carboxylic acid groups (broad SMARTS) is 1. The number of rotatable bonds is 5. The molecule has 8 heteroatoms. The fraction of sp³-hybridized carbons (Fsp3) is 0.462. The number of benzene rings is 1. The average molecular weight is 378 g/mol. The van der Waals surface area contributed by atoms with Crippen LogP contribution >= 0.6 is 15.9 Å². The van der Waals surface area contributed by atoms with Gasteiger partial charge in [-0.3, -0.25) is 0 Å². The standard InChI is InChI=1S/C13H16BrNO5S/c1-8-11(13(16)17)4-10(5-12(8)14)21(18,19)15-6-9-2-3-20-7-9/h4-5,9,15H,2-3,6-7H2,1H3,(H,16,17). The maximum atomic E-state index is 12.3. The van der Waals surface area contributed by atoms with Crippen molar-refractivity contribution in [2.24, 2.45) is 5.92 Å². The molecule has 1 fully saturated rings. The molecule has 2 rings (SSSR count).